The van der Waals surface area contributed by atoms with Crippen LogP contribution in [0.4, 0.5) is 0 Å². The lowest BCUT2D eigenvalue weighted by molar-refractivity contribution is 0.281. The summed E-state index contributed by atoms with van der Waals surface area (Å²) in [6.07, 6.45) is 0. The van der Waals surface area contributed by atoms with Crippen molar-refractivity contribution in [2.24, 2.45) is 0 Å². The number of hydrogen-bond donors (Lipinski definition) is 1. The third kappa shape index (κ3) is 3.65. The summed E-state index contributed by atoms with van der Waals surface area (Å²) in [4.78, 5) is 0. The maximum atomic E-state index is 5.98. The van der Waals surface area contributed by atoms with Crippen LogP contribution in [0.15, 0.2) is 42.5 Å². The summed E-state index contributed by atoms with van der Waals surface area (Å²) in [5.41, 5.74) is 2.09. The van der Waals surface area contributed by atoms with E-state index in [-0.39, 0.29) is 0 Å². The molecule has 2 aromatic rings. The van der Waals surface area contributed by atoms with Gasteiger partial charge < -0.3 is 14.8 Å². The van der Waals surface area contributed by atoms with Crippen LogP contribution in [-0.4, -0.2) is 14.2 Å². The molecule has 0 unspecified atom stereocenters. The molecule has 0 saturated heterocycles. The second-order valence-electron chi connectivity index (χ2n) is 4.40. The molecule has 4 heteroatoms. The number of methoxy groups -OCH3 is 1. The van der Waals surface area contributed by atoms with Gasteiger partial charge in [-0.1, -0.05) is 35.9 Å². The van der Waals surface area contributed by atoms with Gasteiger partial charge in [0.1, 0.15) is 6.61 Å². The Labute approximate surface area is 124 Å². The van der Waals surface area contributed by atoms with E-state index >= 15 is 0 Å². The van der Waals surface area contributed by atoms with Crippen LogP contribution in [0.25, 0.3) is 0 Å². The van der Waals surface area contributed by atoms with Gasteiger partial charge in [-0.05, 0) is 30.8 Å². The lowest BCUT2D eigenvalue weighted by Gasteiger charge is -2.15. The van der Waals surface area contributed by atoms with Crippen LogP contribution in [-0.2, 0) is 13.2 Å². The first-order valence-electron chi connectivity index (χ1n) is 6.42. The van der Waals surface area contributed by atoms with E-state index in [1.54, 1.807) is 7.11 Å². The van der Waals surface area contributed by atoms with Gasteiger partial charge in [-0.25, -0.2) is 0 Å². The van der Waals surface area contributed by atoms with E-state index in [4.69, 9.17) is 21.1 Å². The van der Waals surface area contributed by atoms with Crippen molar-refractivity contribution in [3.8, 4) is 11.5 Å². The fourth-order valence-electron chi connectivity index (χ4n) is 2.00. The summed E-state index contributed by atoms with van der Waals surface area (Å²) in [6, 6.07) is 13.5. The first-order chi connectivity index (χ1) is 9.74. The lowest BCUT2D eigenvalue weighted by Crippen LogP contribution is -2.08. The highest BCUT2D eigenvalue weighted by Crippen LogP contribution is 2.31. The second-order valence-corrected chi connectivity index (χ2v) is 4.83. The molecule has 3 nitrogen and oxygen atoms in total. The fraction of sp³-hybridized carbons (Fsp3) is 0.250. The van der Waals surface area contributed by atoms with E-state index in [0.717, 1.165) is 29.2 Å². The van der Waals surface area contributed by atoms with E-state index in [2.05, 4.69) is 5.32 Å². The SMILES string of the molecule is CNCc1cccc(OC)c1OCc1cccc(Cl)c1. The van der Waals surface area contributed by atoms with Gasteiger partial charge in [0, 0.05) is 17.1 Å². The molecular weight excluding hydrogens is 274 g/mol. The first-order valence-corrected chi connectivity index (χ1v) is 6.80. The van der Waals surface area contributed by atoms with Crippen molar-refractivity contribution < 1.29 is 9.47 Å². The largest absolute Gasteiger partial charge is 0.493 e. The van der Waals surface area contributed by atoms with Crippen molar-refractivity contribution in [1.82, 2.24) is 5.32 Å². The predicted molar refractivity (Wildman–Crippen MR) is 81.5 cm³/mol. The van der Waals surface area contributed by atoms with Crippen LogP contribution in [0.5, 0.6) is 11.5 Å². The molecule has 20 heavy (non-hydrogen) atoms. The Morgan fingerprint density at radius 2 is 1.95 bits per heavy atom. The summed E-state index contributed by atoms with van der Waals surface area (Å²) in [5.74, 6) is 1.50. The topological polar surface area (TPSA) is 30.5 Å². The van der Waals surface area contributed by atoms with Crippen LogP contribution in [0.1, 0.15) is 11.1 Å². The fourth-order valence-corrected chi connectivity index (χ4v) is 2.21. The molecular formula is C16H18ClNO2. The number of ether oxygens (including phenoxy) is 2. The zero-order valence-electron chi connectivity index (χ0n) is 11.7. The molecule has 0 bridgehead atoms. The Morgan fingerprint density at radius 3 is 2.65 bits per heavy atom. The Kier molecular flexibility index (Phi) is 5.27. The number of rotatable bonds is 6. The second kappa shape index (κ2) is 7.17. The van der Waals surface area contributed by atoms with Crippen molar-refractivity contribution in [2.75, 3.05) is 14.2 Å². The average Bonchev–Trinajstić information content (AvgIpc) is 2.46. The third-order valence-corrected chi connectivity index (χ3v) is 3.15. The molecule has 0 aliphatic rings. The quantitative estimate of drug-likeness (QED) is 0.881. The number of benzene rings is 2. The summed E-state index contributed by atoms with van der Waals surface area (Å²) in [6.45, 7) is 1.18. The maximum absolute atomic E-state index is 5.98. The van der Waals surface area contributed by atoms with Crippen molar-refractivity contribution in [3.63, 3.8) is 0 Å². The summed E-state index contributed by atoms with van der Waals surface area (Å²) in [5, 5.41) is 3.84. The summed E-state index contributed by atoms with van der Waals surface area (Å²) < 4.78 is 11.3. The molecule has 0 atom stereocenters. The van der Waals surface area contributed by atoms with Crippen LogP contribution in [0, 0.1) is 0 Å². The molecule has 0 amide bonds. The monoisotopic (exact) mass is 291 g/mol. The highest BCUT2D eigenvalue weighted by atomic mass is 35.5. The molecule has 0 spiro atoms. The van der Waals surface area contributed by atoms with Crippen LogP contribution < -0.4 is 14.8 Å². The highest BCUT2D eigenvalue weighted by Gasteiger charge is 2.10. The molecule has 106 valence electrons. The minimum absolute atomic E-state index is 0.456. The van der Waals surface area contributed by atoms with Gasteiger partial charge in [-0.3, -0.25) is 0 Å². The van der Waals surface area contributed by atoms with Crippen molar-refractivity contribution in [3.05, 3.63) is 58.6 Å². The van der Waals surface area contributed by atoms with Crippen LogP contribution in [0.2, 0.25) is 5.02 Å². The molecule has 2 rings (SSSR count). The van der Waals surface area contributed by atoms with Gasteiger partial charge in [-0.2, -0.15) is 0 Å². The Morgan fingerprint density at radius 1 is 1.15 bits per heavy atom. The molecule has 0 heterocycles. The smallest absolute Gasteiger partial charge is 0.166 e. The molecule has 0 aliphatic heterocycles. The molecule has 0 saturated carbocycles. The number of nitrogens with one attached hydrogen (secondary N) is 1. The first kappa shape index (κ1) is 14.7. The standard InChI is InChI=1S/C16H18ClNO2/c1-18-10-13-6-4-8-15(19-2)16(13)20-11-12-5-3-7-14(17)9-12/h3-9,18H,10-11H2,1-2H3. The maximum Gasteiger partial charge on any atom is 0.166 e. The molecule has 2 aromatic carbocycles. The van der Waals surface area contributed by atoms with E-state index in [9.17, 15) is 0 Å². The van der Waals surface area contributed by atoms with Crippen LogP contribution >= 0.6 is 11.6 Å². The Bertz CT molecular complexity index is 572. The Hall–Kier alpha value is -1.71. The Balaban J connectivity index is 2.19. The lowest BCUT2D eigenvalue weighted by atomic mass is 10.2. The van der Waals surface area contributed by atoms with Gasteiger partial charge in [0.2, 0.25) is 0 Å². The van der Waals surface area contributed by atoms with Crippen LogP contribution in [0.3, 0.4) is 0 Å². The third-order valence-electron chi connectivity index (χ3n) is 2.92. The van der Waals surface area contributed by atoms with Crippen molar-refractivity contribution in [2.45, 2.75) is 13.2 Å². The van der Waals surface area contributed by atoms with Gasteiger partial charge in [0.25, 0.3) is 0 Å². The van der Waals surface area contributed by atoms with Crippen molar-refractivity contribution >= 4 is 11.6 Å². The van der Waals surface area contributed by atoms with E-state index in [1.165, 1.54) is 0 Å². The van der Waals surface area contributed by atoms with E-state index < -0.39 is 0 Å². The molecule has 1 N–H and O–H groups in total. The van der Waals surface area contributed by atoms with Gasteiger partial charge in [0.05, 0.1) is 7.11 Å². The average molecular weight is 292 g/mol. The molecule has 0 aliphatic carbocycles. The summed E-state index contributed by atoms with van der Waals surface area (Å²) >= 11 is 5.98. The highest BCUT2D eigenvalue weighted by molar-refractivity contribution is 6.30. The zero-order chi connectivity index (χ0) is 14.4. The number of para-hydroxylation sites is 1. The molecule has 0 aromatic heterocycles. The minimum Gasteiger partial charge on any atom is -0.493 e. The molecule has 0 fully saturated rings. The predicted octanol–water partition coefficient (Wildman–Crippen LogP) is 3.65. The zero-order valence-corrected chi connectivity index (χ0v) is 12.4. The summed E-state index contributed by atoms with van der Waals surface area (Å²) in [7, 11) is 3.55. The normalized spacial score (nSPS) is 10.3. The van der Waals surface area contributed by atoms with E-state index in [0.29, 0.717) is 11.6 Å². The van der Waals surface area contributed by atoms with Gasteiger partial charge >= 0.3 is 0 Å². The van der Waals surface area contributed by atoms with E-state index in [1.807, 2.05) is 49.5 Å². The van der Waals surface area contributed by atoms with Gasteiger partial charge in [0.15, 0.2) is 11.5 Å². The van der Waals surface area contributed by atoms with Crippen molar-refractivity contribution in [1.29, 1.82) is 0 Å². The molecule has 0 radical (unpaired) electrons. The minimum atomic E-state index is 0.456. The number of hydrogen-bond acceptors (Lipinski definition) is 3. The van der Waals surface area contributed by atoms with Gasteiger partial charge in [-0.15, -0.1) is 0 Å². The number of halogens is 1.